The number of hydrogen-bond donors (Lipinski definition) is 1. The van der Waals surface area contributed by atoms with E-state index in [0.717, 1.165) is 18.2 Å². The zero-order chi connectivity index (χ0) is 14.1. The predicted octanol–water partition coefficient (Wildman–Crippen LogP) is 0.700. The monoisotopic (exact) mass is 254 g/mol. The summed E-state index contributed by atoms with van der Waals surface area (Å²) in [5.74, 6) is -4.00. The smallest absolute Gasteiger partial charge is 0.330 e. The summed E-state index contributed by atoms with van der Waals surface area (Å²) in [5, 5.41) is 8.90. The van der Waals surface area contributed by atoms with E-state index in [1.54, 1.807) is 0 Å². The Labute approximate surface area is 104 Å². The molecule has 0 radical (unpaired) electrons. The molecule has 0 saturated carbocycles. The maximum absolute atomic E-state index is 11.1. The van der Waals surface area contributed by atoms with Crippen molar-refractivity contribution < 1.29 is 29.0 Å². The first-order valence-electron chi connectivity index (χ1n) is 4.93. The SMILES string of the molecule is C=CC(=O)OCC(OC(=O)C=C)C(C=C)C(=O)O. The highest BCUT2D eigenvalue weighted by Gasteiger charge is 2.29. The first-order chi connectivity index (χ1) is 8.46. The Balaban J connectivity index is 4.79. The molecule has 2 atom stereocenters. The van der Waals surface area contributed by atoms with Crippen molar-refractivity contribution in [3.05, 3.63) is 38.0 Å². The molecule has 2 unspecified atom stereocenters. The number of rotatable bonds is 8. The Bertz CT molecular complexity index is 371. The molecule has 0 aliphatic carbocycles. The van der Waals surface area contributed by atoms with Gasteiger partial charge in [0.25, 0.3) is 0 Å². The lowest BCUT2D eigenvalue weighted by molar-refractivity contribution is -0.161. The van der Waals surface area contributed by atoms with Crippen LogP contribution in [0, 0.1) is 5.92 Å². The molecule has 0 rings (SSSR count). The average Bonchev–Trinajstić information content (AvgIpc) is 2.35. The Morgan fingerprint density at radius 2 is 1.67 bits per heavy atom. The Morgan fingerprint density at radius 1 is 1.11 bits per heavy atom. The van der Waals surface area contributed by atoms with E-state index in [-0.39, 0.29) is 0 Å². The number of ether oxygens (including phenoxy) is 2. The minimum Gasteiger partial charge on any atom is -0.481 e. The average molecular weight is 254 g/mol. The third kappa shape index (κ3) is 5.11. The number of carboxylic acid groups (broad SMARTS) is 1. The van der Waals surface area contributed by atoms with Crippen LogP contribution in [0.3, 0.4) is 0 Å². The number of carboxylic acids is 1. The summed E-state index contributed by atoms with van der Waals surface area (Å²) in [6.07, 6.45) is 1.71. The molecule has 0 aromatic rings. The Morgan fingerprint density at radius 3 is 2.06 bits per heavy atom. The number of carbonyl (C=O) groups is 3. The minimum absolute atomic E-state index is 0.409. The fraction of sp³-hybridized carbons (Fsp3) is 0.250. The van der Waals surface area contributed by atoms with Crippen LogP contribution in [0.25, 0.3) is 0 Å². The van der Waals surface area contributed by atoms with Gasteiger partial charge in [-0.05, 0) is 0 Å². The summed E-state index contributed by atoms with van der Waals surface area (Å²) in [4.78, 5) is 32.8. The third-order valence-electron chi connectivity index (χ3n) is 1.93. The second kappa shape index (κ2) is 7.83. The zero-order valence-electron chi connectivity index (χ0n) is 9.70. The van der Waals surface area contributed by atoms with Gasteiger partial charge in [-0.2, -0.15) is 0 Å². The standard InChI is InChI=1S/C12H14O6/c1-4-8(12(15)16)9(18-11(14)6-3)7-17-10(13)5-2/h4-6,8-9H,1-3,7H2,(H,15,16). The van der Waals surface area contributed by atoms with Gasteiger partial charge >= 0.3 is 17.9 Å². The Kier molecular flexibility index (Phi) is 6.80. The Hall–Kier alpha value is -2.37. The van der Waals surface area contributed by atoms with E-state index in [2.05, 4.69) is 24.5 Å². The molecule has 0 aromatic heterocycles. The molecule has 0 aromatic carbocycles. The number of aliphatic carboxylic acids is 1. The summed E-state index contributed by atoms with van der Waals surface area (Å²) in [5.41, 5.74) is 0. The normalized spacial score (nSPS) is 12.7. The maximum atomic E-state index is 11.1. The summed E-state index contributed by atoms with van der Waals surface area (Å²) < 4.78 is 9.44. The van der Waals surface area contributed by atoms with Crippen LogP contribution in [-0.4, -0.2) is 35.7 Å². The number of carbonyl (C=O) groups excluding carboxylic acids is 2. The van der Waals surface area contributed by atoms with Crippen molar-refractivity contribution >= 4 is 17.9 Å². The van der Waals surface area contributed by atoms with E-state index < -0.39 is 36.5 Å². The maximum Gasteiger partial charge on any atom is 0.330 e. The molecule has 0 amide bonds. The highest BCUT2D eigenvalue weighted by atomic mass is 16.6. The second-order valence-corrected chi connectivity index (χ2v) is 3.11. The number of esters is 2. The predicted molar refractivity (Wildman–Crippen MR) is 62.6 cm³/mol. The van der Waals surface area contributed by atoms with Gasteiger partial charge in [0, 0.05) is 12.2 Å². The molecule has 0 aliphatic rings. The van der Waals surface area contributed by atoms with Crippen LogP contribution in [0.4, 0.5) is 0 Å². The van der Waals surface area contributed by atoms with Gasteiger partial charge in [0.15, 0.2) is 6.10 Å². The van der Waals surface area contributed by atoms with Gasteiger partial charge < -0.3 is 14.6 Å². The van der Waals surface area contributed by atoms with Crippen molar-refractivity contribution in [3.8, 4) is 0 Å². The molecule has 98 valence electrons. The molecule has 6 nitrogen and oxygen atoms in total. The van der Waals surface area contributed by atoms with E-state index in [0.29, 0.717) is 0 Å². The molecule has 0 fully saturated rings. The van der Waals surface area contributed by atoms with Crippen molar-refractivity contribution in [2.45, 2.75) is 6.10 Å². The first kappa shape index (κ1) is 15.6. The van der Waals surface area contributed by atoms with Crippen LogP contribution in [0.5, 0.6) is 0 Å². The lowest BCUT2D eigenvalue weighted by Gasteiger charge is -2.20. The second-order valence-electron chi connectivity index (χ2n) is 3.11. The van der Waals surface area contributed by atoms with Crippen LogP contribution in [0.1, 0.15) is 0 Å². The summed E-state index contributed by atoms with van der Waals surface area (Å²) in [6, 6.07) is 0. The summed E-state index contributed by atoms with van der Waals surface area (Å²) in [6.45, 7) is 9.28. The van der Waals surface area contributed by atoms with Crippen LogP contribution in [0.15, 0.2) is 38.0 Å². The van der Waals surface area contributed by atoms with Crippen LogP contribution in [0.2, 0.25) is 0 Å². The van der Waals surface area contributed by atoms with Crippen LogP contribution in [-0.2, 0) is 23.9 Å². The van der Waals surface area contributed by atoms with Gasteiger partial charge in [-0.15, -0.1) is 6.58 Å². The molecule has 18 heavy (non-hydrogen) atoms. The van der Waals surface area contributed by atoms with Crippen LogP contribution < -0.4 is 0 Å². The lowest BCUT2D eigenvalue weighted by atomic mass is 10.0. The van der Waals surface area contributed by atoms with Crippen LogP contribution >= 0.6 is 0 Å². The molecule has 0 saturated heterocycles. The number of hydrogen-bond acceptors (Lipinski definition) is 5. The topological polar surface area (TPSA) is 89.9 Å². The van der Waals surface area contributed by atoms with E-state index in [1.807, 2.05) is 0 Å². The molecule has 0 bridgehead atoms. The molecule has 0 heterocycles. The third-order valence-corrected chi connectivity index (χ3v) is 1.93. The van der Waals surface area contributed by atoms with Crippen molar-refractivity contribution in [2.75, 3.05) is 6.61 Å². The molecule has 1 N–H and O–H groups in total. The van der Waals surface area contributed by atoms with Gasteiger partial charge in [-0.3, -0.25) is 4.79 Å². The van der Waals surface area contributed by atoms with E-state index in [1.165, 1.54) is 0 Å². The van der Waals surface area contributed by atoms with Gasteiger partial charge in [-0.25, -0.2) is 9.59 Å². The minimum atomic E-state index is -1.25. The highest BCUT2D eigenvalue weighted by Crippen LogP contribution is 2.11. The van der Waals surface area contributed by atoms with Gasteiger partial charge in [0.2, 0.25) is 0 Å². The van der Waals surface area contributed by atoms with E-state index in [9.17, 15) is 14.4 Å². The van der Waals surface area contributed by atoms with Gasteiger partial charge in [0.05, 0.1) is 0 Å². The zero-order valence-corrected chi connectivity index (χ0v) is 9.70. The van der Waals surface area contributed by atoms with Gasteiger partial charge in [0.1, 0.15) is 12.5 Å². The van der Waals surface area contributed by atoms with Crippen molar-refractivity contribution in [2.24, 2.45) is 5.92 Å². The molecular formula is C12H14O6. The largest absolute Gasteiger partial charge is 0.481 e. The quantitative estimate of drug-likeness (QED) is 0.389. The van der Waals surface area contributed by atoms with Crippen molar-refractivity contribution in [3.63, 3.8) is 0 Å². The first-order valence-corrected chi connectivity index (χ1v) is 4.93. The lowest BCUT2D eigenvalue weighted by Crippen LogP contribution is -2.35. The van der Waals surface area contributed by atoms with Crippen molar-refractivity contribution in [1.29, 1.82) is 0 Å². The molecule has 0 aliphatic heterocycles. The molecule has 0 spiro atoms. The van der Waals surface area contributed by atoms with E-state index in [4.69, 9.17) is 9.84 Å². The fourth-order valence-electron chi connectivity index (χ4n) is 1.04. The summed E-state index contributed by atoms with van der Waals surface area (Å²) in [7, 11) is 0. The van der Waals surface area contributed by atoms with Gasteiger partial charge in [-0.1, -0.05) is 19.2 Å². The van der Waals surface area contributed by atoms with E-state index >= 15 is 0 Å². The molecular weight excluding hydrogens is 240 g/mol. The summed E-state index contributed by atoms with van der Waals surface area (Å²) >= 11 is 0. The fourth-order valence-corrected chi connectivity index (χ4v) is 1.04. The molecule has 6 heteroatoms. The highest BCUT2D eigenvalue weighted by molar-refractivity contribution is 5.83. The van der Waals surface area contributed by atoms with Crippen molar-refractivity contribution in [1.82, 2.24) is 0 Å².